The van der Waals surface area contributed by atoms with Crippen LogP contribution in [-0.4, -0.2) is 93.6 Å². The van der Waals surface area contributed by atoms with Gasteiger partial charge < -0.3 is 37.3 Å². The molecule has 16 heteroatoms. The summed E-state index contributed by atoms with van der Waals surface area (Å²) < 4.78 is 25.4. The number of nitrogens with zero attached hydrogens (tertiary/aromatic N) is 3. The van der Waals surface area contributed by atoms with Crippen molar-refractivity contribution in [3.05, 3.63) is 101 Å². The van der Waals surface area contributed by atoms with E-state index in [-0.39, 0.29) is 19.0 Å². The zero-order valence-electron chi connectivity index (χ0n) is 37.1. The van der Waals surface area contributed by atoms with Gasteiger partial charge in [-0.05, 0) is 103 Å². The Morgan fingerprint density at radius 3 is 1.50 bits per heavy atom. The minimum absolute atomic E-state index is 0.206. The molecule has 3 heterocycles. The molecule has 0 radical (unpaired) electrons. The molecule has 11 atom stereocenters. The molecule has 4 bridgehead atoms. The van der Waals surface area contributed by atoms with E-state index in [1.165, 1.54) is 12.1 Å². The van der Waals surface area contributed by atoms with E-state index in [2.05, 4.69) is 11.8 Å². The Morgan fingerprint density at radius 2 is 1.06 bits per heavy atom. The predicted octanol–water partition coefficient (Wildman–Crippen LogP) is 4.57. The van der Waals surface area contributed by atoms with Gasteiger partial charge in [0.2, 0.25) is 11.1 Å². The molecule has 8 N–H and O–H groups in total. The molecule has 4 amide bonds. The number of esters is 2. The second-order valence-electron chi connectivity index (χ2n) is 19.2. The molecule has 4 aliphatic carbocycles. The summed E-state index contributed by atoms with van der Waals surface area (Å²) in [5, 5.41) is 0. The fraction of sp³-hybridized carbons (Fsp3) is 0.500. The highest BCUT2D eigenvalue weighted by molar-refractivity contribution is 6.12. The highest BCUT2D eigenvalue weighted by Gasteiger charge is 2.73. The van der Waals surface area contributed by atoms with Gasteiger partial charge in [0.1, 0.15) is 5.82 Å². The number of rotatable bonds is 11. The number of hydrogen-bond acceptors (Lipinski definition) is 11. The second kappa shape index (κ2) is 15.4. The van der Waals surface area contributed by atoms with Crippen molar-refractivity contribution in [1.29, 1.82) is 0 Å². The zero-order chi connectivity index (χ0) is 46.5. The summed E-state index contributed by atoms with van der Waals surface area (Å²) in [5.74, 6) is -6.01. The maximum Gasteiger partial charge on any atom is 0.412 e. The minimum Gasteiger partial charge on any atom is -0.375 e. The summed E-state index contributed by atoms with van der Waals surface area (Å²) in [6.07, 6.45) is -0.339. The van der Waals surface area contributed by atoms with Crippen LogP contribution in [0.25, 0.3) is 0 Å². The molecule has 3 aliphatic heterocycles. The van der Waals surface area contributed by atoms with Crippen molar-refractivity contribution in [3.8, 4) is 0 Å². The lowest BCUT2D eigenvalue weighted by Crippen LogP contribution is -2.78. The summed E-state index contributed by atoms with van der Waals surface area (Å²) in [6, 6.07) is 19.3. The number of benzene rings is 3. The first-order valence-electron chi connectivity index (χ1n) is 22.1. The molecular weight excluding hydrogens is 822 g/mol. The quantitative estimate of drug-likeness (QED) is 0.154. The number of carbonyl (C=O) groups excluding carboxylic acids is 6. The van der Waals surface area contributed by atoms with Crippen LogP contribution in [0.1, 0.15) is 108 Å². The standard InChI is InChI=1S/C48H58FN7O8/c1-26-25-36(35-9-7-23-54(35)47(38(50)57,40(59)63-42(52)61)44(4)27(2)29-11-15-31(44)16-12-29)56(34-21-19-33(49)20-22-34)46(26,6)37-10-8-24-55(37)48(39(51)58,41(60)64-43(53)62)45(5)28(3)30-13-17-32(45)18-14-30/h11-22,26-28,35-37H,7-10,23-25H2,1-6H3,(H2,50,57)(H2,51,58)(H2,52,61)(H2,53,62)/t26?,27?,28?,35?,36?,37?,44-,45-,46+,47-,48-/m0/s1. The van der Waals surface area contributed by atoms with Crippen LogP contribution >= 0.6 is 0 Å². The molecule has 15 nitrogen and oxygen atoms in total. The van der Waals surface area contributed by atoms with Crippen molar-refractivity contribution in [1.82, 2.24) is 9.80 Å². The van der Waals surface area contributed by atoms with Gasteiger partial charge in [0.15, 0.2) is 0 Å². The number of amides is 4. The van der Waals surface area contributed by atoms with E-state index in [0.29, 0.717) is 48.9 Å². The number of nitrogens with two attached hydrogens (primary N) is 4. The summed E-state index contributed by atoms with van der Waals surface area (Å²) >= 11 is 0. The third-order valence-electron chi connectivity index (χ3n) is 17.0. The van der Waals surface area contributed by atoms with Gasteiger partial charge in [-0.15, -0.1) is 0 Å². The van der Waals surface area contributed by atoms with Gasteiger partial charge in [-0.25, -0.2) is 23.6 Å². The molecular formula is C48H58FN7O8. The van der Waals surface area contributed by atoms with Gasteiger partial charge in [0.05, 0.1) is 5.54 Å². The topological polar surface area (TPSA) is 235 Å². The van der Waals surface area contributed by atoms with Gasteiger partial charge >= 0.3 is 24.1 Å². The van der Waals surface area contributed by atoms with Gasteiger partial charge in [-0.3, -0.25) is 19.4 Å². The van der Waals surface area contributed by atoms with Gasteiger partial charge in [-0.2, -0.15) is 0 Å². The summed E-state index contributed by atoms with van der Waals surface area (Å²) in [7, 11) is 0. The summed E-state index contributed by atoms with van der Waals surface area (Å²) in [4.78, 5) is 89.8. The van der Waals surface area contributed by atoms with Crippen LogP contribution in [-0.2, 0) is 39.5 Å². The van der Waals surface area contributed by atoms with Gasteiger partial charge in [0, 0.05) is 47.7 Å². The van der Waals surface area contributed by atoms with Crippen LogP contribution < -0.4 is 27.8 Å². The molecule has 340 valence electrons. The van der Waals surface area contributed by atoms with Crippen LogP contribution in [0.2, 0.25) is 0 Å². The van der Waals surface area contributed by atoms with Gasteiger partial charge in [0.25, 0.3) is 11.8 Å². The summed E-state index contributed by atoms with van der Waals surface area (Å²) in [5.41, 5.74) is 19.5. The number of hydrogen-bond donors (Lipinski definition) is 4. The first-order chi connectivity index (χ1) is 30.2. The predicted molar refractivity (Wildman–Crippen MR) is 234 cm³/mol. The number of fused-ring (bicyclic) bond motifs is 6. The van der Waals surface area contributed by atoms with Crippen LogP contribution in [0.5, 0.6) is 0 Å². The van der Waals surface area contributed by atoms with Crippen LogP contribution in [0.3, 0.4) is 0 Å². The second-order valence-corrected chi connectivity index (χ2v) is 19.2. The van der Waals surface area contributed by atoms with Crippen LogP contribution in [0.15, 0.2) is 72.8 Å². The van der Waals surface area contributed by atoms with E-state index in [0.717, 1.165) is 11.1 Å². The molecule has 3 aromatic carbocycles. The maximum atomic E-state index is 14.9. The Morgan fingerprint density at radius 1 is 0.625 bits per heavy atom. The number of carbonyl (C=O) groups is 6. The van der Waals surface area contributed by atoms with Crippen molar-refractivity contribution < 1.29 is 42.6 Å². The summed E-state index contributed by atoms with van der Waals surface area (Å²) in [6.45, 7) is 12.0. The Bertz CT molecular complexity index is 2420. The number of likely N-dealkylation sites (tertiary alicyclic amines) is 2. The molecule has 0 spiro atoms. The van der Waals surface area contributed by atoms with E-state index in [1.807, 2.05) is 79.1 Å². The molecule has 3 saturated heterocycles. The lowest BCUT2D eigenvalue weighted by Gasteiger charge is -2.59. The maximum absolute atomic E-state index is 14.9. The third-order valence-corrected chi connectivity index (χ3v) is 17.0. The average Bonchev–Trinajstić information content (AvgIpc) is 3.99. The van der Waals surface area contributed by atoms with E-state index >= 15 is 0 Å². The molecule has 6 unspecified atom stereocenters. The number of anilines is 1. The third kappa shape index (κ3) is 5.76. The number of halogens is 1. The highest BCUT2D eigenvalue weighted by Crippen LogP contribution is 2.60. The van der Waals surface area contributed by atoms with E-state index < -0.39 is 99.2 Å². The van der Waals surface area contributed by atoms with E-state index in [9.17, 15) is 33.2 Å². The van der Waals surface area contributed by atoms with Crippen molar-refractivity contribution in [2.45, 2.75) is 131 Å². The Labute approximate surface area is 371 Å². The number of ether oxygens (including phenoxy) is 2. The van der Waals surface area contributed by atoms with Crippen molar-refractivity contribution in [3.63, 3.8) is 0 Å². The average molecular weight is 880 g/mol. The van der Waals surface area contributed by atoms with Crippen molar-refractivity contribution in [2.24, 2.45) is 28.9 Å². The molecule has 64 heavy (non-hydrogen) atoms. The van der Waals surface area contributed by atoms with Gasteiger partial charge in [-0.1, -0.05) is 83.1 Å². The lowest BCUT2D eigenvalue weighted by atomic mass is 9.54. The largest absolute Gasteiger partial charge is 0.412 e. The molecule has 10 rings (SSSR count). The molecule has 7 aliphatic rings. The Hall–Kier alpha value is -5.87. The van der Waals surface area contributed by atoms with Crippen molar-refractivity contribution >= 4 is 41.6 Å². The fourth-order valence-electron chi connectivity index (χ4n) is 13.6. The molecule has 3 fully saturated rings. The molecule has 0 saturated carbocycles. The van der Waals surface area contributed by atoms with Crippen LogP contribution in [0, 0.1) is 11.7 Å². The lowest BCUT2D eigenvalue weighted by molar-refractivity contribution is -0.168. The van der Waals surface area contributed by atoms with Crippen LogP contribution in [0.4, 0.5) is 19.7 Å². The van der Waals surface area contributed by atoms with E-state index in [1.54, 1.807) is 26.0 Å². The zero-order valence-corrected chi connectivity index (χ0v) is 37.1. The Balaban J connectivity index is 1.32. The number of primary amides is 4. The Kier molecular flexibility index (Phi) is 10.8. The van der Waals surface area contributed by atoms with E-state index in [4.69, 9.17) is 32.4 Å². The normalized spacial score (nSPS) is 32.8. The van der Waals surface area contributed by atoms with Crippen molar-refractivity contribution in [2.75, 3.05) is 18.0 Å². The first kappa shape index (κ1) is 44.7. The first-order valence-corrected chi connectivity index (χ1v) is 22.1. The smallest absolute Gasteiger partial charge is 0.375 e. The minimum atomic E-state index is -2.27. The molecule has 0 aromatic heterocycles. The SMILES string of the molecule is CC1CC(C2CCCN2[C@@](C(N)=O)(C(=O)OC(N)=O)[C@]2(C)c3ccc(cc3)C2C)N(c2ccc(F)cc2)[C@@]1(C)C1CCCN1[C@@](C(N)=O)(C(=O)OC(N)=O)[C@]1(C)c2ccc(cc2)C1C. The highest BCUT2D eigenvalue weighted by atomic mass is 19.1. The fourth-order valence-corrected chi connectivity index (χ4v) is 13.6. The molecule has 3 aromatic rings. The monoisotopic (exact) mass is 879 g/mol.